The molecular weight excluding hydrogens is 361 g/mol. The van der Waals surface area contributed by atoms with E-state index >= 15 is 0 Å². The maximum absolute atomic E-state index is 13.9. The minimum absolute atomic E-state index is 0.372. The highest BCUT2D eigenvalue weighted by Crippen LogP contribution is 2.34. The van der Waals surface area contributed by atoms with E-state index in [0.29, 0.717) is 28.0 Å². The molecular formula is C17H14FN3O2S2. The number of halogens is 1. The van der Waals surface area contributed by atoms with Crippen LogP contribution in [0.5, 0.6) is 0 Å². The van der Waals surface area contributed by atoms with Gasteiger partial charge < -0.3 is 4.98 Å². The van der Waals surface area contributed by atoms with E-state index in [2.05, 4.69) is 15.0 Å². The van der Waals surface area contributed by atoms with Crippen molar-refractivity contribution in [2.75, 3.05) is 6.26 Å². The van der Waals surface area contributed by atoms with Crippen molar-refractivity contribution in [1.82, 2.24) is 15.0 Å². The van der Waals surface area contributed by atoms with Gasteiger partial charge in [-0.1, -0.05) is 0 Å². The predicted octanol–water partition coefficient (Wildman–Crippen LogP) is 4.08. The van der Waals surface area contributed by atoms with Crippen LogP contribution in [0.3, 0.4) is 0 Å². The van der Waals surface area contributed by atoms with Crippen LogP contribution < -0.4 is 0 Å². The normalized spacial score (nSPS) is 13.6. The first-order chi connectivity index (χ1) is 11.8. The monoisotopic (exact) mass is 375 g/mol. The van der Waals surface area contributed by atoms with Crippen molar-refractivity contribution >= 4 is 42.3 Å². The third-order valence-corrected chi connectivity index (χ3v) is 6.76. The molecule has 0 radical (unpaired) electrons. The summed E-state index contributed by atoms with van der Waals surface area (Å²) in [7, 11) is -3.25. The number of hydrogen-bond acceptors (Lipinski definition) is 5. The van der Waals surface area contributed by atoms with E-state index in [-0.39, 0.29) is 5.82 Å². The topological polar surface area (TPSA) is 75.7 Å². The molecule has 3 aromatic heterocycles. The zero-order valence-electron chi connectivity index (χ0n) is 13.4. The predicted molar refractivity (Wildman–Crippen MR) is 97.9 cm³/mol. The molecule has 0 spiro atoms. The summed E-state index contributed by atoms with van der Waals surface area (Å²) in [5, 5.41) is 1.95. The Kier molecular flexibility index (Phi) is 3.62. The fourth-order valence-corrected chi connectivity index (χ4v) is 4.50. The van der Waals surface area contributed by atoms with Gasteiger partial charge in [-0.3, -0.25) is 0 Å². The Bertz CT molecular complexity index is 1210. The Morgan fingerprint density at radius 1 is 1.32 bits per heavy atom. The van der Waals surface area contributed by atoms with Gasteiger partial charge in [0.1, 0.15) is 5.82 Å². The van der Waals surface area contributed by atoms with Crippen LogP contribution in [0.4, 0.5) is 4.39 Å². The quantitative estimate of drug-likeness (QED) is 0.585. The van der Waals surface area contributed by atoms with Crippen molar-refractivity contribution in [3.63, 3.8) is 0 Å². The second kappa shape index (κ2) is 5.60. The number of benzene rings is 1. The van der Waals surface area contributed by atoms with E-state index in [1.807, 2.05) is 6.07 Å². The molecule has 1 atom stereocenters. The van der Waals surface area contributed by atoms with Crippen molar-refractivity contribution in [2.24, 2.45) is 0 Å². The Balaban J connectivity index is 1.96. The molecule has 0 aliphatic carbocycles. The second-order valence-electron chi connectivity index (χ2n) is 5.96. The number of nitrogens with zero attached hydrogens (tertiary/aromatic N) is 2. The number of aromatic nitrogens is 3. The first kappa shape index (κ1) is 16.2. The number of aromatic amines is 1. The van der Waals surface area contributed by atoms with Crippen molar-refractivity contribution in [3.05, 3.63) is 47.4 Å². The number of rotatable bonds is 3. The number of sulfone groups is 1. The summed E-state index contributed by atoms with van der Waals surface area (Å²) < 4.78 is 38.6. The lowest BCUT2D eigenvalue weighted by molar-refractivity contribution is 0.592. The summed E-state index contributed by atoms with van der Waals surface area (Å²) in [5.74, 6) is -0.0133. The van der Waals surface area contributed by atoms with Crippen LogP contribution in [0.15, 0.2) is 36.0 Å². The molecule has 128 valence electrons. The van der Waals surface area contributed by atoms with Gasteiger partial charge in [-0.05, 0) is 30.5 Å². The van der Waals surface area contributed by atoms with E-state index in [4.69, 9.17) is 0 Å². The fourth-order valence-electron chi connectivity index (χ4n) is 2.81. The molecule has 0 fully saturated rings. The van der Waals surface area contributed by atoms with Crippen molar-refractivity contribution in [2.45, 2.75) is 12.2 Å². The lowest BCUT2D eigenvalue weighted by Crippen LogP contribution is -2.07. The Morgan fingerprint density at radius 2 is 2.12 bits per heavy atom. The molecule has 4 rings (SSSR count). The zero-order chi connectivity index (χ0) is 17.8. The number of thiophene rings is 1. The molecule has 1 aromatic carbocycles. The van der Waals surface area contributed by atoms with Gasteiger partial charge in [-0.15, -0.1) is 11.3 Å². The smallest absolute Gasteiger partial charge is 0.160 e. The summed E-state index contributed by atoms with van der Waals surface area (Å²) in [6.07, 6.45) is 4.59. The van der Waals surface area contributed by atoms with Gasteiger partial charge in [0.05, 0.1) is 15.5 Å². The van der Waals surface area contributed by atoms with E-state index in [1.165, 1.54) is 29.7 Å². The second-order valence-corrected chi connectivity index (χ2v) is 9.24. The maximum Gasteiger partial charge on any atom is 0.160 e. The lowest BCUT2D eigenvalue weighted by Gasteiger charge is -2.08. The van der Waals surface area contributed by atoms with Crippen LogP contribution in [0.2, 0.25) is 0 Å². The van der Waals surface area contributed by atoms with Crippen molar-refractivity contribution in [3.8, 4) is 11.4 Å². The summed E-state index contributed by atoms with van der Waals surface area (Å²) >= 11 is 1.40. The van der Waals surface area contributed by atoms with Crippen LogP contribution in [-0.4, -0.2) is 29.6 Å². The summed E-state index contributed by atoms with van der Waals surface area (Å²) in [6.45, 7) is 1.64. The van der Waals surface area contributed by atoms with Crippen LogP contribution in [0, 0.1) is 5.82 Å². The summed E-state index contributed by atoms with van der Waals surface area (Å²) in [6, 6.07) is 4.65. The molecule has 1 unspecified atom stereocenters. The maximum atomic E-state index is 13.9. The molecule has 0 saturated heterocycles. The number of nitrogens with one attached hydrogen (secondary N) is 1. The van der Waals surface area contributed by atoms with Crippen LogP contribution in [0.1, 0.15) is 17.7 Å². The SMILES string of the molecule is CC(c1csc2cnc(-c3cc(F)cc4[nH]ccc34)nc12)S(C)(=O)=O. The van der Waals surface area contributed by atoms with Crippen LogP contribution >= 0.6 is 11.3 Å². The Morgan fingerprint density at radius 3 is 2.88 bits per heavy atom. The van der Waals surface area contributed by atoms with Gasteiger partial charge >= 0.3 is 0 Å². The lowest BCUT2D eigenvalue weighted by atomic mass is 10.1. The highest BCUT2D eigenvalue weighted by Gasteiger charge is 2.22. The number of fused-ring (bicyclic) bond motifs is 2. The zero-order valence-corrected chi connectivity index (χ0v) is 15.1. The van der Waals surface area contributed by atoms with Gasteiger partial charge in [-0.25, -0.2) is 22.8 Å². The first-order valence-corrected chi connectivity index (χ1v) is 10.4. The van der Waals surface area contributed by atoms with Crippen LogP contribution in [-0.2, 0) is 9.84 Å². The minimum Gasteiger partial charge on any atom is -0.361 e. The van der Waals surface area contributed by atoms with Crippen molar-refractivity contribution in [1.29, 1.82) is 0 Å². The number of H-pyrrole nitrogens is 1. The van der Waals surface area contributed by atoms with Crippen LogP contribution in [0.25, 0.3) is 32.5 Å². The standard InChI is InChI=1S/C17H14FN3O2S2/c1-9(25(2,22)23)13-8-24-15-7-20-17(21-16(13)15)12-5-10(18)6-14-11(12)3-4-19-14/h3-9,19H,1-2H3. The molecule has 0 amide bonds. The van der Waals surface area contributed by atoms with Gasteiger partial charge in [0.2, 0.25) is 0 Å². The fraction of sp³-hybridized carbons (Fsp3) is 0.176. The molecule has 25 heavy (non-hydrogen) atoms. The third-order valence-electron chi connectivity index (χ3n) is 4.30. The minimum atomic E-state index is -3.25. The Hall–Kier alpha value is -2.32. The summed E-state index contributed by atoms with van der Waals surface area (Å²) in [4.78, 5) is 11.9. The molecule has 0 aliphatic heterocycles. The molecule has 8 heteroatoms. The molecule has 3 heterocycles. The highest BCUT2D eigenvalue weighted by atomic mass is 32.2. The number of hydrogen-bond donors (Lipinski definition) is 1. The highest BCUT2D eigenvalue weighted by molar-refractivity contribution is 7.90. The molecule has 4 aromatic rings. The summed E-state index contributed by atoms with van der Waals surface area (Å²) in [5.41, 5.74) is 2.48. The average Bonchev–Trinajstić information content (AvgIpc) is 3.18. The van der Waals surface area contributed by atoms with Gasteiger partial charge in [0.15, 0.2) is 15.7 Å². The Labute approximate surface area is 147 Å². The van der Waals surface area contributed by atoms with Gasteiger partial charge in [0, 0.05) is 40.7 Å². The van der Waals surface area contributed by atoms with E-state index in [9.17, 15) is 12.8 Å². The van der Waals surface area contributed by atoms with E-state index < -0.39 is 15.1 Å². The molecule has 0 aliphatic rings. The van der Waals surface area contributed by atoms with Gasteiger partial charge in [-0.2, -0.15) is 0 Å². The third kappa shape index (κ3) is 2.71. The van der Waals surface area contributed by atoms with E-state index in [1.54, 1.807) is 24.7 Å². The van der Waals surface area contributed by atoms with E-state index in [0.717, 1.165) is 10.1 Å². The molecule has 5 nitrogen and oxygen atoms in total. The first-order valence-electron chi connectivity index (χ1n) is 7.54. The largest absolute Gasteiger partial charge is 0.361 e. The molecule has 0 bridgehead atoms. The van der Waals surface area contributed by atoms with Gasteiger partial charge in [0.25, 0.3) is 0 Å². The molecule has 1 N–H and O–H groups in total. The molecule has 0 saturated carbocycles. The average molecular weight is 375 g/mol. The van der Waals surface area contributed by atoms with Crippen molar-refractivity contribution < 1.29 is 12.8 Å².